The van der Waals surface area contributed by atoms with Crippen LogP contribution in [0.3, 0.4) is 0 Å². The molecule has 1 aromatic heterocycles. The first-order valence-electron chi connectivity index (χ1n) is 7.61. The summed E-state index contributed by atoms with van der Waals surface area (Å²) in [5, 5.41) is 14.9. The van der Waals surface area contributed by atoms with Gasteiger partial charge in [-0.05, 0) is 31.4 Å². The molecular weight excluding hydrogens is 302 g/mol. The number of rotatable bonds is 7. The number of anilines is 3. The lowest BCUT2D eigenvalue weighted by Gasteiger charge is -2.11. The van der Waals surface area contributed by atoms with Gasteiger partial charge in [0, 0.05) is 36.9 Å². The summed E-state index contributed by atoms with van der Waals surface area (Å²) in [5.74, 6) is -0.370. The average molecular weight is 320 g/mol. The van der Waals surface area contributed by atoms with E-state index >= 15 is 0 Å². The molecule has 0 aliphatic heterocycles. The van der Waals surface area contributed by atoms with Crippen molar-refractivity contribution in [1.29, 1.82) is 0 Å². The molecule has 0 spiro atoms. The Kier molecular flexibility index (Phi) is 4.66. The number of halogens is 2. The molecule has 5 nitrogen and oxygen atoms in total. The molecule has 0 bridgehead atoms. The zero-order valence-corrected chi connectivity index (χ0v) is 12.5. The third-order valence-corrected chi connectivity index (χ3v) is 3.55. The topological polar surface area (TPSA) is 70.1 Å². The highest BCUT2D eigenvalue weighted by Gasteiger charge is 2.26. The summed E-state index contributed by atoms with van der Waals surface area (Å²) in [6.45, 7) is 0.657. The number of aliphatic hydroxyl groups excluding tert-OH is 1. The van der Waals surface area contributed by atoms with Crippen LogP contribution < -0.4 is 10.6 Å². The molecule has 1 aromatic carbocycles. The van der Waals surface area contributed by atoms with E-state index in [1.807, 2.05) is 6.07 Å². The number of nitrogens with one attached hydrogen (secondary N) is 2. The van der Waals surface area contributed by atoms with Crippen molar-refractivity contribution in [1.82, 2.24) is 9.97 Å². The Morgan fingerprint density at radius 1 is 1.13 bits per heavy atom. The molecule has 1 saturated carbocycles. The van der Waals surface area contributed by atoms with Gasteiger partial charge < -0.3 is 15.7 Å². The number of aliphatic hydroxyl groups is 1. The van der Waals surface area contributed by atoms with Crippen LogP contribution >= 0.6 is 0 Å². The van der Waals surface area contributed by atoms with E-state index in [4.69, 9.17) is 5.11 Å². The average Bonchev–Trinajstić information content (AvgIpc) is 3.36. The first-order valence-corrected chi connectivity index (χ1v) is 7.61. The third kappa shape index (κ3) is 4.13. The van der Waals surface area contributed by atoms with Gasteiger partial charge in [-0.1, -0.05) is 0 Å². The van der Waals surface area contributed by atoms with Gasteiger partial charge in [-0.2, -0.15) is 4.98 Å². The Hall–Kier alpha value is -2.28. The first-order chi connectivity index (χ1) is 11.2. The number of hydrogen-bond acceptors (Lipinski definition) is 5. The fourth-order valence-corrected chi connectivity index (χ4v) is 2.20. The van der Waals surface area contributed by atoms with E-state index < -0.39 is 11.6 Å². The monoisotopic (exact) mass is 320 g/mol. The Morgan fingerprint density at radius 2 is 1.96 bits per heavy atom. The molecule has 3 N–H and O–H groups in total. The first kappa shape index (κ1) is 15.6. The smallest absolute Gasteiger partial charge is 0.224 e. The third-order valence-electron chi connectivity index (χ3n) is 3.55. The highest BCUT2D eigenvalue weighted by molar-refractivity contribution is 5.58. The van der Waals surface area contributed by atoms with Crippen molar-refractivity contribution >= 4 is 17.5 Å². The van der Waals surface area contributed by atoms with E-state index in [9.17, 15) is 8.78 Å². The van der Waals surface area contributed by atoms with Gasteiger partial charge in [0.25, 0.3) is 0 Å². The van der Waals surface area contributed by atoms with E-state index in [2.05, 4.69) is 20.6 Å². The van der Waals surface area contributed by atoms with Crippen molar-refractivity contribution in [3.05, 3.63) is 41.6 Å². The zero-order chi connectivity index (χ0) is 16.2. The number of aromatic nitrogens is 2. The van der Waals surface area contributed by atoms with Crippen LogP contribution in [0.15, 0.2) is 24.3 Å². The Morgan fingerprint density at radius 3 is 2.65 bits per heavy atom. The number of benzene rings is 1. The fraction of sp³-hybridized carbons (Fsp3) is 0.375. The molecule has 1 aliphatic rings. The normalized spacial score (nSPS) is 13.9. The highest BCUT2D eigenvalue weighted by Crippen LogP contribution is 2.40. The fourth-order valence-electron chi connectivity index (χ4n) is 2.20. The van der Waals surface area contributed by atoms with Crippen molar-refractivity contribution in [2.24, 2.45) is 0 Å². The molecule has 1 fully saturated rings. The predicted octanol–water partition coefficient (Wildman–Crippen LogP) is 3.17. The second kappa shape index (κ2) is 6.87. The summed E-state index contributed by atoms with van der Waals surface area (Å²) in [7, 11) is 0. The summed E-state index contributed by atoms with van der Waals surface area (Å²) in [6, 6.07) is 5.44. The molecule has 7 heteroatoms. The summed E-state index contributed by atoms with van der Waals surface area (Å²) >= 11 is 0. The molecular formula is C16H18F2N4O. The summed E-state index contributed by atoms with van der Waals surface area (Å²) in [5.41, 5.74) is 1.35. The van der Waals surface area contributed by atoms with Crippen LogP contribution in [0, 0.1) is 11.6 Å². The maximum atomic E-state index is 13.3. The lowest BCUT2D eigenvalue weighted by molar-refractivity contribution is 0.292. The van der Waals surface area contributed by atoms with Crippen molar-refractivity contribution in [3.8, 4) is 0 Å². The molecule has 0 saturated heterocycles. The van der Waals surface area contributed by atoms with E-state index in [1.165, 1.54) is 6.07 Å². The number of nitrogens with zero attached hydrogens (tertiary/aromatic N) is 2. The molecule has 2 aromatic rings. The van der Waals surface area contributed by atoms with Crippen LogP contribution in [0.25, 0.3) is 0 Å². The summed E-state index contributed by atoms with van der Waals surface area (Å²) in [6.07, 6.45) is 2.79. The minimum absolute atomic E-state index is 0.0925. The molecule has 1 heterocycles. The second-order valence-corrected chi connectivity index (χ2v) is 5.53. The molecule has 0 radical (unpaired) electrons. The molecule has 23 heavy (non-hydrogen) atoms. The van der Waals surface area contributed by atoms with Gasteiger partial charge >= 0.3 is 0 Å². The largest absolute Gasteiger partial charge is 0.396 e. The van der Waals surface area contributed by atoms with E-state index in [1.54, 1.807) is 0 Å². The lowest BCUT2D eigenvalue weighted by Crippen LogP contribution is -2.09. The van der Waals surface area contributed by atoms with Crippen molar-refractivity contribution in [2.45, 2.75) is 25.2 Å². The Labute approximate surface area is 132 Å². The van der Waals surface area contributed by atoms with Crippen molar-refractivity contribution in [2.75, 3.05) is 23.8 Å². The van der Waals surface area contributed by atoms with E-state index in [0.29, 0.717) is 36.3 Å². The van der Waals surface area contributed by atoms with Crippen LogP contribution in [0.1, 0.15) is 30.9 Å². The Bertz CT molecular complexity index is 692. The molecule has 122 valence electrons. The van der Waals surface area contributed by atoms with Gasteiger partial charge in [0.15, 0.2) is 11.6 Å². The SMILES string of the molecule is OCCCNc1nc(Nc2ccc(F)c(F)c2)cc(C2CC2)n1. The lowest BCUT2D eigenvalue weighted by atomic mass is 10.2. The quantitative estimate of drug-likeness (QED) is 0.684. The highest BCUT2D eigenvalue weighted by atomic mass is 19.2. The zero-order valence-electron chi connectivity index (χ0n) is 12.5. The van der Waals surface area contributed by atoms with Gasteiger partial charge in [0.1, 0.15) is 5.82 Å². The van der Waals surface area contributed by atoms with Gasteiger partial charge in [-0.15, -0.1) is 0 Å². The van der Waals surface area contributed by atoms with Crippen LogP contribution in [0.4, 0.5) is 26.2 Å². The van der Waals surface area contributed by atoms with Crippen molar-refractivity contribution in [3.63, 3.8) is 0 Å². The van der Waals surface area contributed by atoms with E-state index in [-0.39, 0.29) is 6.61 Å². The van der Waals surface area contributed by atoms with Crippen LogP contribution in [0.2, 0.25) is 0 Å². The summed E-state index contributed by atoms with van der Waals surface area (Å²) < 4.78 is 26.3. The second-order valence-electron chi connectivity index (χ2n) is 5.53. The minimum atomic E-state index is -0.909. The molecule has 0 amide bonds. The molecule has 0 unspecified atom stereocenters. The van der Waals surface area contributed by atoms with Crippen molar-refractivity contribution < 1.29 is 13.9 Å². The van der Waals surface area contributed by atoms with Gasteiger partial charge in [0.05, 0.1) is 5.69 Å². The maximum absolute atomic E-state index is 13.3. The molecule has 3 rings (SSSR count). The van der Waals surface area contributed by atoms with E-state index in [0.717, 1.165) is 30.7 Å². The molecule has 1 aliphatic carbocycles. The Balaban J connectivity index is 1.80. The maximum Gasteiger partial charge on any atom is 0.224 e. The van der Waals surface area contributed by atoms with Gasteiger partial charge in [-0.3, -0.25) is 0 Å². The molecule has 0 atom stereocenters. The standard InChI is InChI=1S/C16H18F2N4O/c17-12-5-4-11(8-13(12)18)20-15-9-14(10-2-3-10)21-16(22-15)19-6-1-7-23/h4-5,8-10,23H,1-3,6-7H2,(H2,19,20,21,22). The minimum Gasteiger partial charge on any atom is -0.396 e. The van der Waals surface area contributed by atoms with Crippen LogP contribution in [-0.2, 0) is 0 Å². The van der Waals surface area contributed by atoms with Gasteiger partial charge in [-0.25, -0.2) is 13.8 Å². The van der Waals surface area contributed by atoms with Crippen LogP contribution in [0.5, 0.6) is 0 Å². The van der Waals surface area contributed by atoms with Gasteiger partial charge in [0.2, 0.25) is 5.95 Å². The predicted molar refractivity (Wildman–Crippen MR) is 83.8 cm³/mol. The van der Waals surface area contributed by atoms with Crippen LogP contribution in [-0.4, -0.2) is 28.2 Å². The summed E-state index contributed by atoms with van der Waals surface area (Å²) in [4.78, 5) is 8.79. The number of hydrogen-bond donors (Lipinski definition) is 3.